The van der Waals surface area contributed by atoms with E-state index in [2.05, 4.69) is 20.9 Å². The fourth-order valence-corrected chi connectivity index (χ4v) is 3.96. The predicted molar refractivity (Wildman–Crippen MR) is 122 cm³/mol. The average Bonchev–Trinajstić information content (AvgIpc) is 3.25. The summed E-state index contributed by atoms with van der Waals surface area (Å²) >= 11 is 0. The van der Waals surface area contributed by atoms with Gasteiger partial charge in [0.05, 0.1) is 30.6 Å². The Morgan fingerprint density at radius 1 is 1.05 bits per heavy atom. The Kier molecular flexibility index (Phi) is 11.6. The van der Waals surface area contributed by atoms with Gasteiger partial charge in [-0.15, -0.1) is 0 Å². The minimum atomic E-state index is -5.08. The molecule has 216 valence electrons. The molecule has 0 bridgehead atoms. The second-order valence-corrected chi connectivity index (χ2v) is 8.73. The van der Waals surface area contributed by atoms with Gasteiger partial charge in [-0.3, -0.25) is 14.9 Å². The summed E-state index contributed by atoms with van der Waals surface area (Å²) in [6.07, 6.45) is -1.14. The highest BCUT2D eigenvalue weighted by atomic mass is 19.4. The minimum Gasteiger partial charge on any atom is -0.475 e. The van der Waals surface area contributed by atoms with Crippen molar-refractivity contribution in [2.24, 2.45) is 0 Å². The number of pyridine rings is 2. The zero-order chi connectivity index (χ0) is 29.1. The molecule has 0 aromatic carbocycles. The number of carbonyl (C=O) groups is 2. The second-order valence-electron chi connectivity index (χ2n) is 8.73. The van der Waals surface area contributed by atoms with Gasteiger partial charge >= 0.3 is 24.3 Å². The van der Waals surface area contributed by atoms with Crippen LogP contribution in [0.1, 0.15) is 30.5 Å². The van der Waals surface area contributed by atoms with E-state index in [4.69, 9.17) is 29.3 Å². The highest BCUT2D eigenvalue weighted by Gasteiger charge is 2.44. The summed E-state index contributed by atoms with van der Waals surface area (Å²) in [4.78, 5) is 28.8. The molecule has 2 atom stereocenters. The Labute approximate surface area is 219 Å². The number of likely N-dealkylation sites (tertiary alicyclic amines) is 1. The molecule has 4 heterocycles. The normalized spacial score (nSPS) is 21.3. The van der Waals surface area contributed by atoms with Crippen molar-refractivity contribution >= 4 is 11.9 Å². The summed E-state index contributed by atoms with van der Waals surface area (Å²) in [5.41, 5.74) is 2.20. The first kappa shape index (κ1) is 31.9. The van der Waals surface area contributed by atoms with Gasteiger partial charge in [-0.2, -0.15) is 26.3 Å². The number of halogens is 6. The molecule has 2 aromatic heterocycles. The van der Waals surface area contributed by atoms with Crippen LogP contribution < -0.4 is 0 Å². The predicted octanol–water partition coefficient (Wildman–Crippen LogP) is 4.08. The highest BCUT2D eigenvalue weighted by Crippen LogP contribution is 2.36. The second kappa shape index (κ2) is 14.2. The van der Waals surface area contributed by atoms with Crippen molar-refractivity contribution in [3.05, 3.63) is 60.2 Å². The number of alkyl halides is 6. The van der Waals surface area contributed by atoms with E-state index in [0.29, 0.717) is 13.2 Å². The maximum absolute atomic E-state index is 10.6. The maximum atomic E-state index is 10.6. The molecule has 2 aromatic rings. The van der Waals surface area contributed by atoms with E-state index in [9.17, 15) is 26.3 Å². The third-order valence-corrected chi connectivity index (χ3v) is 5.60. The van der Waals surface area contributed by atoms with Gasteiger partial charge in [-0.25, -0.2) is 9.59 Å². The van der Waals surface area contributed by atoms with E-state index in [1.165, 1.54) is 12.0 Å². The highest BCUT2D eigenvalue weighted by molar-refractivity contribution is 5.73. The number of hydrogen-bond donors (Lipinski definition) is 2. The number of ether oxygens (including phenoxy) is 2. The van der Waals surface area contributed by atoms with Crippen LogP contribution in [0.25, 0.3) is 0 Å². The third-order valence-electron chi connectivity index (χ3n) is 5.60. The molecule has 0 radical (unpaired) electrons. The Morgan fingerprint density at radius 3 is 2.26 bits per heavy atom. The van der Waals surface area contributed by atoms with Gasteiger partial charge in [0.15, 0.2) is 0 Å². The van der Waals surface area contributed by atoms with Gasteiger partial charge in [0, 0.05) is 38.1 Å². The summed E-state index contributed by atoms with van der Waals surface area (Å²) in [6.45, 7) is 4.29. The van der Waals surface area contributed by atoms with E-state index in [1.54, 1.807) is 0 Å². The van der Waals surface area contributed by atoms with Gasteiger partial charge in [0.1, 0.15) is 0 Å². The first-order valence-corrected chi connectivity index (χ1v) is 11.6. The lowest BCUT2D eigenvalue weighted by molar-refractivity contribution is -0.193. The quantitative estimate of drug-likeness (QED) is 0.515. The van der Waals surface area contributed by atoms with Crippen LogP contribution in [0.3, 0.4) is 0 Å². The zero-order valence-corrected chi connectivity index (χ0v) is 20.5. The van der Waals surface area contributed by atoms with Gasteiger partial charge < -0.3 is 19.7 Å². The van der Waals surface area contributed by atoms with Crippen LogP contribution in [0.2, 0.25) is 0 Å². The monoisotopic (exact) mass is 567 g/mol. The lowest BCUT2D eigenvalue weighted by atomic mass is 9.89. The van der Waals surface area contributed by atoms with E-state index < -0.39 is 24.3 Å². The maximum Gasteiger partial charge on any atom is 0.490 e. The van der Waals surface area contributed by atoms with E-state index in [0.717, 1.165) is 38.2 Å². The first-order valence-electron chi connectivity index (χ1n) is 11.6. The summed E-state index contributed by atoms with van der Waals surface area (Å²) in [6, 6.07) is 10.1. The molecule has 1 spiro atoms. The van der Waals surface area contributed by atoms with Gasteiger partial charge in [-0.05, 0) is 43.1 Å². The van der Waals surface area contributed by atoms with Crippen molar-refractivity contribution in [3.8, 4) is 0 Å². The fraction of sp³-hybridized carbons (Fsp3) is 0.500. The molecular formula is C24H27F6N3O6. The number of aliphatic carboxylic acids is 2. The summed E-state index contributed by atoms with van der Waals surface area (Å²) in [5, 5.41) is 14.2. The molecular weight excluding hydrogens is 540 g/mol. The fourth-order valence-electron chi connectivity index (χ4n) is 3.96. The number of carboxylic acid groups (broad SMARTS) is 2. The summed E-state index contributed by atoms with van der Waals surface area (Å²) in [7, 11) is 0. The van der Waals surface area contributed by atoms with Crippen molar-refractivity contribution in [1.29, 1.82) is 0 Å². The van der Waals surface area contributed by atoms with E-state index in [1.807, 2.05) is 42.9 Å². The van der Waals surface area contributed by atoms with Crippen molar-refractivity contribution in [2.45, 2.75) is 56.5 Å². The number of aromatic nitrogens is 2. The van der Waals surface area contributed by atoms with Crippen molar-refractivity contribution in [1.82, 2.24) is 14.9 Å². The number of hydrogen-bond acceptors (Lipinski definition) is 7. The zero-order valence-electron chi connectivity index (χ0n) is 20.5. The standard InChI is InChI=1S/C20H25N3O2.2C2HF3O2/c1-2-9-22-18(6-1)14-24-19-11-20(25-15-19)7-4-10-23(16-20)13-17-5-3-8-21-12-17;2*3-2(4,5)1(6)7/h1-3,5-6,8-9,12,19H,4,7,10-11,13-16H2;2*(H,6,7)/t19-,20-;;/m0../s1. The number of piperidine rings is 1. The Morgan fingerprint density at radius 2 is 1.72 bits per heavy atom. The number of nitrogens with zero attached hydrogens (tertiary/aromatic N) is 3. The molecule has 0 unspecified atom stereocenters. The van der Waals surface area contributed by atoms with Crippen molar-refractivity contribution in [2.75, 3.05) is 19.7 Å². The smallest absolute Gasteiger partial charge is 0.475 e. The van der Waals surface area contributed by atoms with Gasteiger partial charge in [-0.1, -0.05) is 12.1 Å². The average molecular weight is 567 g/mol. The lowest BCUT2D eigenvalue weighted by Gasteiger charge is -2.39. The van der Waals surface area contributed by atoms with Crippen LogP contribution in [0, 0.1) is 0 Å². The molecule has 15 heteroatoms. The van der Waals surface area contributed by atoms with Crippen molar-refractivity contribution < 1.29 is 55.6 Å². The van der Waals surface area contributed by atoms with Crippen LogP contribution >= 0.6 is 0 Å². The molecule has 39 heavy (non-hydrogen) atoms. The molecule has 9 nitrogen and oxygen atoms in total. The Bertz CT molecular complexity index is 1020. The van der Waals surface area contributed by atoms with Crippen LogP contribution in [0.15, 0.2) is 48.9 Å². The molecule has 0 saturated carbocycles. The Hall–Kier alpha value is -3.30. The summed E-state index contributed by atoms with van der Waals surface area (Å²) in [5.74, 6) is -5.51. The molecule has 0 aliphatic carbocycles. The van der Waals surface area contributed by atoms with Gasteiger partial charge in [0.25, 0.3) is 0 Å². The number of rotatable bonds is 5. The van der Waals surface area contributed by atoms with Crippen molar-refractivity contribution in [3.63, 3.8) is 0 Å². The van der Waals surface area contributed by atoms with E-state index in [-0.39, 0.29) is 11.7 Å². The molecule has 2 aliphatic heterocycles. The third kappa shape index (κ3) is 11.5. The number of carboxylic acids is 2. The molecule has 2 saturated heterocycles. The molecule has 2 N–H and O–H groups in total. The molecule has 4 rings (SSSR count). The topological polar surface area (TPSA) is 122 Å². The molecule has 2 aliphatic rings. The van der Waals surface area contributed by atoms with E-state index >= 15 is 0 Å². The largest absolute Gasteiger partial charge is 0.490 e. The lowest BCUT2D eigenvalue weighted by Crippen LogP contribution is -2.47. The molecule has 2 fully saturated rings. The minimum absolute atomic E-state index is 0.0464. The van der Waals surface area contributed by atoms with Crippen LogP contribution in [0.4, 0.5) is 26.3 Å². The summed E-state index contributed by atoms with van der Waals surface area (Å²) < 4.78 is 75.8. The Balaban J connectivity index is 0.000000317. The SMILES string of the molecule is O=C(O)C(F)(F)F.O=C(O)C(F)(F)F.c1ccc(CO[C@@H]2CO[C@@]3(CCCN(Cc4cccnc4)C3)C2)nc1. The first-order chi connectivity index (χ1) is 18.2. The van der Waals surface area contributed by atoms with Gasteiger partial charge in [0.2, 0.25) is 0 Å². The molecule has 0 amide bonds. The van der Waals surface area contributed by atoms with Crippen LogP contribution in [0.5, 0.6) is 0 Å². The van der Waals surface area contributed by atoms with Crippen LogP contribution in [-0.4, -0.2) is 80.8 Å². The van der Waals surface area contributed by atoms with Crippen LogP contribution in [-0.2, 0) is 32.2 Å².